The second kappa shape index (κ2) is 6.34. The first-order valence-corrected chi connectivity index (χ1v) is 7.76. The zero-order valence-corrected chi connectivity index (χ0v) is 13.9. The van der Waals surface area contributed by atoms with Gasteiger partial charge in [-0.05, 0) is 49.7 Å². The zero-order chi connectivity index (χ0) is 17.3. The van der Waals surface area contributed by atoms with E-state index in [4.69, 9.17) is 21.6 Å². The van der Waals surface area contributed by atoms with E-state index in [0.717, 1.165) is 16.5 Å². The molecule has 1 aromatic heterocycles. The maximum Gasteiger partial charge on any atom is 0.435 e. The molecule has 24 heavy (non-hydrogen) atoms. The van der Waals surface area contributed by atoms with Crippen molar-refractivity contribution in [3.63, 3.8) is 0 Å². The monoisotopic (exact) mass is 339 g/mol. The molecule has 0 bridgehead atoms. The SMILES string of the molecule is CC(C)OC(=O)n1ncc2cc(-c3cc(C#N)ccc3Cl)ccc21. The van der Waals surface area contributed by atoms with Crippen LogP contribution < -0.4 is 0 Å². The van der Waals surface area contributed by atoms with Crippen LogP contribution in [0.15, 0.2) is 42.6 Å². The van der Waals surface area contributed by atoms with Crippen LogP contribution in [0.5, 0.6) is 0 Å². The molecule has 0 unspecified atom stereocenters. The van der Waals surface area contributed by atoms with Crippen LogP contribution in [0.4, 0.5) is 4.79 Å². The Morgan fingerprint density at radius 2 is 2.08 bits per heavy atom. The summed E-state index contributed by atoms with van der Waals surface area (Å²) in [7, 11) is 0. The fraction of sp³-hybridized carbons (Fsp3) is 0.167. The van der Waals surface area contributed by atoms with Gasteiger partial charge in [0.25, 0.3) is 0 Å². The minimum absolute atomic E-state index is 0.219. The van der Waals surface area contributed by atoms with E-state index in [2.05, 4.69) is 11.2 Å². The first-order valence-electron chi connectivity index (χ1n) is 7.38. The fourth-order valence-corrected chi connectivity index (χ4v) is 2.64. The quantitative estimate of drug-likeness (QED) is 0.683. The van der Waals surface area contributed by atoms with Gasteiger partial charge >= 0.3 is 6.09 Å². The minimum Gasteiger partial charge on any atom is -0.445 e. The van der Waals surface area contributed by atoms with Crippen molar-refractivity contribution in [1.82, 2.24) is 9.78 Å². The molecule has 0 saturated heterocycles. The highest BCUT2D eigenvalue weighted by atomic mass is 35.5. The molecule has 5 nitrogen and oxygen atoms in total. The number of hydrogen-bond donors (Lipinski definition) is 0. The van der Waals surface area contributed by atoms with Crippen LogP contribution in [0.25, 0.3) is 22.0 Å². The highest BCUT2D eigenvalue weighted by Crippen LogP contribution is 2.31. The number of halogens is 1. The fourth-order valence-electron chi connectivity index (χ4n) is 2.41. The van der Waals surface area contributed by atoms with Crippen LogP contribution in [0.3, 0.4) is 0 Å². The molecule has 0 amide bonds. The average Bonchev–Trinajstić information content (AvgIpc) is 2.98. The Hall–Kier alpha value is -2.84. The molecule has 3 rings (SSSR count). The number of benzene rings is 2. The summed E-state index contributed by atoms with van der Waals surface area (Å²) in [6, 6.07) is 12.7. The van der Waals surface area contributed by atoms with Gasteiger partial charge in [-0.2, -0.15) is 15.0 Å². The van der Waals surface area contributed by atoms with E-state index < -0.39 is 6.09 Å². The summed E-state index contributed by atoms with van der Waals surface area (Å²) in [4.78, 5) is 12.0. The molecule has 0 aliphatic carbocycles. The van der Waals surface area contributed by atoms with Crippen LogP contribution in [-0.2, 0) is 4.74 Å². The smallest absolute Gasteiger partial charge is 0.435 e. The van der Waals surface area contributed by atoms with Crippen molar-refractivity contribution in [1.29, 1.82) is 5.26 Å². The van der Waals surface area contributed by atoms with Crippen molar-refractivity contribution in [2.24, 2.45) is 0 Å². The molecular weight excluding hydrogens is 326 g/mol. The Balaban J connectivity index is 2.05. The lowest BCUT2D eigenvalue weighted by molar-refractivity contribution is 0.115. The highest BCUT2D eigenvalue weighted by Gasteiger charge is 2.14. The molecule has 0 fully saturated rings. The molecule has 1 heterocycles. The van der Waals surface area contributed by atoms with E-state index in [1.807, 2.05) is 12.1 Å². The summed E-state index contributed by atoms with van der Waals surface area (Å²) in [6.45, 7) is 3.57. The van der Waals surface area contributed by atoms with Gasteiger partial charge in [-0.3, -0.25) is 0 Å². The third-order valence-corrected chi connectivity index (χ3v) is 3.81. The molecule has 0 saturated carbocycles. The summed E-state index contributed by atoms with van der Waals surface area (Å²) < 4.78 is 6.40. The molecule has 0 atom stereocenters. The van der Waals surface area contributed by atoms with Crippen molar-refractivity contribution in [3.05, 3.63) is 53.2 Å². The van der Waals surface area contributed by atoms with Crippen LogP contribution in [0.2, 0.25) is 5.02 Å². The standard InChI is InChI=1S/C18H14ClN3O2/c1-11(2)24-18(23)22-17-6-4-13(8-14(17)10-21-22)15-7-12(9-20)3-5-16(15)19/h3-8,10-11H,1-2H3. The number of fused-ring (bicyclic) bond motifs is 1. The van der Waals surface area contributed by atoms with Crippen LogP contribution in [0, 0.1) is 11.3 Å². The molecule has 0 radical (unpaired) electrons. The van der Waals surface area contributed by atoms with E-state index in [-0.39, 0.29) is 6.10 Å². The van der Waals surface area contributed by atoms with E-state index in [0.29, 0.717) is 16.1 Å². The maximum absolute atomic E-state index is 12.0. The molecule has 0 N–H and O–H groups in total. The minimum atomic E-state index is -0.516. The summed E-state index contributed by atoms with van der Waals surface area (Å²) >= 11 is 6.25. The van der Waals surface area contributed by atoms with Crippen molar-refractivity contribution >= 4 is 28.6 Å². The van der Waals surface area contributed by atoms with E-state index in [1.165, 1.54) is 4.68 Å². The Labute approximate surface area is 144 Å². The van der Waals surface area contributed by atoms with E-state index in [9.17, 15) is 4.79 Å². The summed E-state index contributed by atoms with van der Waals surface area (Å²) in [5, 5.41) is 14.5. The Morgan fingerprint density at radius 1 is 1.29 bits per heavy atom. The predicted molar refractivity (Wildman–Crippen MR) is 91.9 cm³/mol. The van der Waals surface area contributed by atoms with Crippen molar-refractivity contribution in [2.45, 2.75) is 20.0 Å². The van der Waals surface area contributed by atoms with Gasteiger partial charge in [-0.15, -0.1) is 0 Å². The summed E-state index contributed by atoms with van der Waals surface area (Å²) in [6.07, 6.45) is 0.864. The van der Waals surface area contributed by atoms with Crippen LogP contribution in [0.1, 0.15) is 19.4 Å². The van der Waals surface area contributed by atoms with Crippen LogP contribution in [-0.4, -0.2) is 22.0 Å². The Bertz CT molecular complexity index is 970. The van der Waals surface area contributed by atoms with Gasteiger partial charge in [-0.1, -0.05) is 17.7 Å². The van der Waals surface area contributed by atoms with Crippen molar-refractivity contribution in [3.8, 4) is 17.2 Å². The maximum atomic E-state index is 12.0. The Kier molecular flexibility index (Phi) is 4.24. The number of carbonyl (C=O) groups excluding carboxylic acids is 1. The second-order valence-electron chi connectivity index (χ2n) is 5.57. The van der Waals surface area contributed by atoms with Gasteiger partial charge < -0.3 is 4.74 Å². The number of nitrogens with zero attached hydrogens (tertiary/aromatic N) is 3. The molecule has 0 aliphatic rings. The number of rotatable bonds is 2. The Morgan fingerprint density at radius 3 is 2.79 bits per heavy atom. The van der Waals surface area contributed by atoms with Crippen molar-refractivity contribution < 1.29 is 9.53 Å². The number of ether oxygens (including phenoxy) is 1. The normalized spacial score (nSPS) is 10.8. The van der Waals surface area contributed by atoms with Gasteiger partial charge in [0.15, 0.2) is 0 Å². The molecule has 6 heteroatoms. The number of nitriles is 1. The third-order valence-electron chi connectivity index (χ3n) is 3.48. The molecule has 120 valence electrons. The largest absolute Gasteiger partial charge is 0.445 e. The molecule has 2 aromatic carbocycles. The molecule has 3 aromatic rings. The topological polar surface area (TPSA) is 67.9 Å². The lowest BCUT2D eigenvalue weighted by Gasteiger charge is -2.08. The number of aromatic nitrogens is 2. The molecular formula is C18H14ClN3O2. The van der Waals surface area contributed by atoms with Gasteiger partial charge in [0, 0.05) is 16.0 Å². The third kappa shape index (κ3) is 2.97. The van der Waals surface area contributed by atoms with Gasteiger partial charge in [0.1, 0.15) is 0 Å². The first-order chi connectivity index (χ1) is 11.5. The lowest BCUT2D eigenvalue weighted by atomic mass is 10.0. The first kappa shape index (κ1) is 16.0. The van der Waals surface area contributed by atoms with Crippen LogP contribution >= 0.6 is 11.6 Å². The van der Waals surface area contributed by atoms with Gasteiger partial charge in [-0.25, -0.2) is 4.79 Å². The van der Waals surface area contributed by atoms with Gasteiger partial charge in [0.05, 0.1) is 29.5 Å². The van der Waals surface area contributed by atoms with Crippen molar-refractivity contribution in [2.75, 3.05) is 0 Å². The average molecular weight is 340 g/mol. The molecule has 0 spiro atoms. The lowest BCUT2D eigenvalue weighted by Crippen LogP contribution is -2.18. The predicted octanol–water partition coefficient (Wildman–Crippen LogP) is 4.62. The zero-order valence-electron chi connectivity index (χ0n) is 13.2. The summed E-state index contributed by atoms with van der Waals surface area (Å²) in [5.74, 6) is 0. The number of hydrogen-bond acceptors (Lipinski definition) is 4. The number of carbonyl (C=O) groups is 1. The van der Waals surface area contributed by atoms with E-state index in [1.54, 1.807) is 44.3 Å². The summed E-state index contributed by atoms with van der Waals surface area (Å²) in [5.41, 5.74) is 2.79. The molecule has 0 aliphatic heterocycles. The highest BCUT2D eigenvalue weighted by molar-refractivity contribution is 6.33. The van der Waals surface area contributed by atoms with Gasteiger partial charge in [0.2, 0.25) is 0 Å². The van der Waals surface area contributed by atoms with E-state index >= 15 is 0 Å². The second-order valence-corrected chi connectivity index (χ2v) is 5.98.